The van der Waals surface area contributed by atoms with Gasteiger partial charge in [-0.3, -0.25) is 9.59 Å². The lowest BCUT2D eigenvalue weighted by Gasteiger charge is -2.18. The van der Waals surface area contributed by atoms with Crippen LogP contribution >= 0.6 is 12.4 Å². The summed E-state index contributed by atoms with van der Waals surface area (Å²) in [6.07, 6.45) is 1.68. The summed E-state index contributed by atoms with van der Waals surface area (Å²) in [6.45, 7) is 9.01. The molecule has 0 aromatic rings. The van der Waals surface area contributed by atoms with Crippen molar-refractivity contribution >= 4 is 24.2 Å². The van der Waals surface area contributed by atoms with Gasteiger partial charge in [-0.15, -0.1) is 12.4 Å². The summed E-state index contributed by atoms with van der Waals surface area (Å²) in [7, 11) is 0. The van der Waals surface area contributed by atoms with Crippen LogP contribution in [0.3, 0.4) is 0 Å². The van der Waals surface area contributed by atoms with E-state index in [-0.39, 0.29) is 30.3 Å². The zero-order chi connectivity index (χ0) is 14.8. The Balaban J connectivity index is 0. The van der Waals surface area contributed by atoms with Gasteiger partial charge in [0.2, 0.25) is 11.8 Å². The largest absolute Gasteiger partial charge is 0.356 e. The van der Waals surface area contributed by atoms with E-state index < -0.39 is 0 Å². The van der Waals surface area contributed by atoms with Gasteiger partial charge in [-0.1, -0.05) is 27.7 Å². The van der Waals surface area contributed by atoms with Crippen molar-refractivity contribution in [1.82, 2.24) is 10.6 Å². The van der Waals surface area contributed by atoms with Crippen LogP contribution in [0.5, 0.6) is 0 Å². The molecule has 6 heteroatoms. The van der Waals surface area contributed by atoms with Gasteiger partial charge in [0.15, 0.2) is 0 Å². The van der Waals surface area contributed by atoms with Gasteiger partial charge in [-0.2, -0.15) is 0 Å². The summed E-state index contributed by atoms with van der Waals surface area (Å²) in [4.78, 5) is 23.1. The Labute approximate surface area is 128 Å². The Morgan fingerprint density at radius 3 is 2.10 bits per heavy atom. The number of nitrogens with one attached hydrogen (secondary N) is 2. The van der Waals surface area contributed by atoms with Gasteiger partial charge in [0, 0.05) is 32.0 Å². The van der Waals surface area contributed by atoms with Gasteiger partial charge >= 0.3 is 0 Å². The van der Waals surface area contributed by atoms with E-state index in [1.54, 1.807) is 0 Å². The average Bonchev–Trinajstić information content (AvgIpc) is 2.26. The summed E-state index contributed by atoms with van der Waals surface area (Å²) in [5.41, 5.74) is 5.62. The predicted octanol–water partition coefficient (Wildman–Crippen LogP) is 1.45. The van der Waals surface area contributed by atoms with Gasteiger partial charge in [-0.05, 0) is 18.3 Å². The molecule has 0 saturated carbocycles. The van der Waals surface area contributed by atoms with Crippen LogP contribution in [0.2, 0.25) is 0 Å². The van der Waals surface area contributed by atoms with Crippen molar-refractivity contribution in [2.75, 3.05) is 13.1 Å². The molecule has 0 aromatic carbocycles. The number of hydrogen-bond donors (Lipinski definition) is 3. The van der Waals surface area contributed by atoms with Gasteiger partial charge in [0.05, 0.1) is 0 Å². The van der Waals surface area contributed by atoms with Crippen LogP contribution in [0.25, 0.3) is 0 Å². The molecule has 0 fully saturated rings. The zero-order valence-electron chi connectivity index (χ0n) is 13.1. The topological polar surface area (TPSA) is 84.2 Å². The molecule has 20 heavy (non-hydrogen) atoms. The molecule has 0 bridgehead atoms. The number of carbonyl (C=O) groups excluding carboxylic acids is 2. The first-order valence-corrected chi connectivity index (χ1v) is 7.11. The zero-order valence-corrected chi connectivity index (χ0v) is 13.9. The summed E-state index contributed by atoms with van der Waals surface area (Å²) in [5, 5.41) is 5.64. The van der Waals surface area contributed by atoms with E-state index in [0.29, 0.717) is 37.8 Å². The number of carbonyl (C=O) groups is 2. The molecule has 0 heterocycles. The van der Waals surface area contributed by atoms with Crippen molar-refractivity contribution in [3.63, 3.8) is 0 Å². The number of amides is 2. The first-order valence-electron chi connectivity index (χ1n) is 7.11. The Kier molecular flexibility index (Phi) is 12.9. The maximum atomic E-state index is 11.7. The molecule has 0 aromatic heterocycles. The molecule has 0 aliphatic carbocycles. The fourth-order valence-electron chi connectivity index (χ4n) is 1.84. The van der Waals surface area contributed by atoms with Crippen LogP contribution in [0, 0.1) is 11.8 Å². The molecule has 1 unspecified atom stereocenters. The lowest BCUT2D eigenvalue weighted by molar-refractivity contribution is -0.123. The molecule has 0 saturated heterocycles. The molecule has 0 aliphatic heterocycles. The van der Waals surface area contributed by atoms with Gasteiger partial charge in [0.1, 0.15) is 0 Å². The molecule has 1 atom stereocenters. The first kappa shape index (κ1) is 21.5. The third-order valence-corrected chi connectivity index (χ3v) is 2.67. The fraction of sp³-hybridized carbons (Fsp3) is 0.857. The Hall–Kier alpha value is -0.810. The third-order valence-electron chi connectivity index (χ3n) is 2.67. The summed E-state index contributed by atoms with van der Waals surface area (Å²) < 4.78 is 0. The highest BCUT2D eigenvalue weighted by molar-refractivity contribution is 5.85. The molecule has 120 valence electrons. The summed E-state index contributed by atoms with van der Waals surface area (Å²) in [5.74, 6) is 0.780. The van der Waals surface area contributed by atoms with E-state index in [9.17, 15) is 9.59 Å². The highest BCUT2D eigenvalue weighted by atomic mass is 35.5. The fourth-order valence-corrected chi connectivity index (χ4v) is 1.84. The number of nitrogens with two attached hydrogens (primary N) is 1. The standard InChI is InChI=1S/C14H29N3O2.ClH/c1-10(2)7-12(9-15)17-13(18)5-6-16-14(19)8-11(3)4;/h10-12H,5-9,15H2,1-4H3,(H,16,19)(H,17,18);1H. The predicted molar refractivity (Wildman–Crippen MR) is 84.8 cm³/mol. The minimum atomic E-state index is -0.0547. The van der Waals surface area contributed by atoms with Crippen molar-refractivity contribution in [2.45, 2.75) is 53.0 Å². The second-order valence-electron chi connectivity index (χ2n) is 5.83. The van der Waals surface area contributed by atoms with Crippen LogP contribution in [0.15, 0.2) is 0 Å². The van der Waals surface area contributed by atoms with Crippen LogP contribution < -0.4 is 16.4 Å². The van der Waals surface area contributed by atoms with E-state index in [4.69, 9.17) is 5.73 Å². The third kappa shape index (κ3) is 12.2. The van der Waals surface area contributed by atoms with Crippen molar-refractivity contribution in [3.05, 3.63) is 0 Å². The van der Waals surface area contributed by atoms with Crippen LogP contribution in [0.4, 0.5) is 0 Å². The van der Waals surface area contributed by atoms with E-state index in [0.717, 1.165) is 6.42 Å². The Bertz CT molecular complexity index is 284. The molecular weight excluding hydrogens is 278 g/mol. The minimum absolute atomic E-state index is 0. The Morgan fingerprint density at radius 1 is 1.05 bits per heavy atom. The van der Waals surface area contributed by atoms with Crippen molar-refractivity contribution in [1.29, 1.82) is 0 Å². The lowest BCUT2D eigenvalue weighted by atomic mass is 10.0. The molecule has 2 amide bonds. The monoisotopic (exact) mass is 307 g/mol. The first-order chi connectivity index (χ1) is 8.85. The highest BCUT2D eigenvalue weighted by Crippen LogP contribution is 2.03. The normalized spacial score (nSPS) is 11.9. The van der Waals surface area contributed by atoms with Gasteiger partial charge in [-0.25, -0.2) is 0 Å². The van der Waals surface area contributed by atoms with Crippen LogP contribution in [-0.4, -0.2) is 30.9 Å². The van der Waals surface area contributed by atoms with E-state index in [1.165, 1.54) is 0 Å². The van der Waals surface area contributed by atoms with Crippen molar-refractivity contribution in [3.8, 4) is 0 Å². The number of hydrogen-bond acceptors (Lipinski definition) is 3. The van der Waals surface area contributed by atoms with Gasteiger partial charge < -0.3 is 16.4 Å². The quantitative estimate of drug-likeness (QED) is 0.603. The molecule has 4 N–H and O–H groups in total. The minimum Gasteiger partial charge on any atom is -0.356 e. The van der Waals surface area contributed by atoms with Crippen molar-refractivity contribution < 1.29 is 9.59 Å². The van der Waals surface area contributed by atoms with Crippen LogP contribution in [0.1, 0.15) is 47.0 Å². The highest BCUT2D eigenvalue weighted by Gasteiger charge is 2.12. The lowest BCUT2D eigenvalue weighted by Crippen LogP contribution is -2.42. The smallest absolute Gasteiger partial charge is 0.222 e. The second kappa shape index (κ2) is 12.0. The van der Waals surface area contributed by atoms with Crippen molar-refractivity contribution in [2.24, 2.45) is 17.6 Å². The number of rotatable bonds is 9. The second-order valence-corrected chi connectivity index (χ2v) is 5.83. The van der Waals surface area contributed by atoms with E-state index >= 15 is 0 Å². The molecule has 0 aliphatic rings. The van der Waals surface area contributed by atoms with Gasteiger partial charge in [0.25, 0.3) is 0 Å². The summed E-state index contributed by atoms with van der Waals surface area (Å²) in [6, 6.07) is 0.0267. The molecule has 0 radical (unpaired) electrons. The van der Waals surface area contributed by atoms with Crippen LogP contribution in [-0.2, 0) is 9.59 Å². The maximum absolute atomic E-state index is 11.7. The maximum Gasteiger partial charge on any atom is 0.222 e. The molecule has 0 rings (SSSR count). The van der Waals surface area contributed by atoms with E-state index in [2.05, 4.69) is 24.5 Å². The summed E-state index contributed by atoms with van der Waals surface area (Å²) >= 11 is 0. The molecule has 0 spiro atoms. The molecular formula is C14H30ClN3O2. The molecule has 5 nitrogen and oxygen atoms in total. The SMILES string of the molecule is CC(C)CC(=O)NCCC(=O)NC(CN)CC(C)C.Cl. The Morgan fingerprint density at radius 2 is 1.65 bits per heavy atom. The van der Waals surface area contributed by atoms with E-state index in [1.807, 2.05) is 13.8 Å². The number of halogens is 1. The average molecular weight is 308 g/mol.